The third-order valence-electron chi connectivity index (χ3n) is 2.99. The van der Waals surface area contributed by atoms with Gasteiger partial charge in [-0.25, -0.2) is 4.39 Å². The van der Waals surface area contributed by atoms with Gasteiger partial charge in [-0.3, -0.25) is 4.79 Å². The Morgan fingerprint density at radius 3 is 2.90 bits per heavy atom. The molecule has 0 radical (unpaired) electrons. The fourth-order valence-electron chi connectivity index (χ4n) is 2.04. The van der Waals surface area contributed by atoms with Crippen molar-refractivity contribution < 1.29 is 13.9 Å². The van der Waals surface area contributed by atoms with E-state index in [1.165, 1.54) is 22.9 Å². The number of benzene rings is 2. The molecule has 100 valence electrons. The molecule has 0 saturated carbocycles. The third-order valence-corrected chi connectivity index (χ3v) is 4.00. The Morgan fingerprint density at radius 2 is 2.05 bits per heavy atom. The van der Waals surface area contributed by atoms with Crippen LogP contribution >= 0.6 is 11.3 Å². The molecule has 4 heteroatoms. The SMILES string of the molecule is O=Cc1cc(F)cc(OCc2csc3ccccc23)c1. The molecule has 0 fully saturated rings. The van der Waals surface area contributed by atoms with E-state index in [0.29, 0.717) is 18.6 Å². The number of halogens is 1. The van der Waals surface area contributed by atoms with E-state index >= 15 is 0 Å². The number of hydrogen-bond donors (Lipinski definition) is 0. The van der Waals surface area contributed by atoms with Crippen molar-refractivity contribution in [3.8, 4) is 5.75 Å². The topological polar surface area (TPSA) is 26.3 Å². The van der Waals surface area contributed by atoms with E-state index in [2.05, 4.69) is 6.07 Å². The van der Waals surface area contributed by atoms with Crippen LogP contribution in [0.15, 0.2) is 47.8 Å². The predicted molar refractivity (Wildman–Crippen MR) is 77.9 cm³/mol. The van der Waals surface area contributed by atoms with E-state index in [-0.39, 0.29) is 5.56 Å². The van der Waals surface area contributed by atoms with Crippen molar-refractivity contribution in [2.45, 2.75) is 6.61 Å². The Hall–Kier alpha value is -2.20. The molecule has 0 aliphatic rings. The van der Waals surface area contributed by atoms with Crippen molar-refractivity contribution in [2.75, 3.05) is 0 Å². The van der Waals surface area contributed by atoms with Crippen molar-refractivity contribution >= 4 is 27.7 Å². The number of rotatable bonds is 4. The smallest absolute Gasteiger partial charge is 0.150 e. The van der Waals surface area contributed by atoms with E-state index < -0.39 is 5.82 Å². The minimum Gasteiger partial charge on any atom is -0.489 e. The molecule has 3 aromatic rings. The number of carbonyl (C=O) groups excluding carboxylic acids is 1. The monoisotopic (exact) mass is 286 g/mol. The molecule has 1 aromatic heterocycles. The van der Waals surface area contributed by atoms with E-state index in [4.69, 9.17) is 4.74 Å². The molecule has 0 spiro atoms. The maximum atomic E-state index is 13.3. The van der Waals surface area contributed by atoms with Gasteiger partial charge >= 0.3 is 0 Å². The van der Waals surface area contributed by atoms with Crippen molar-refractivity contribution in [3.05, 3.63) is 64.8 Å². The van der Waals surface area contributed by atoms with Gasteiger partial charge in [-0.05, 0) is 29.0 Å². The van der Waals surface area contributed by atoms with Crippen LogP contribution in [0.1, 0.15) is 15.9 Å². The Kier molecular flexibility index (Phi) is 3.48. The van der Waals surface area contributed by atoms with E-state index in [1.807, 2.05) is 23.6 Å². The Balaban J connectivity index is 1.82. The summed E-state index contributed by atoms with van der Waals surface area (Å²) in [6.07, 6.45) is 0.607. The molecule has 0 atom stereocenters. The first-order chi connectivity index (χ1) is 9.76. The second-order valence-corrected chi connectivity index (χ2v) is 5.30. The first-order valence-corrected chi connectivity index (χ1v) is 6.98. The number of carbonyl (C=O) groups is 1. The second-order valence-electron chi connectivity index (χ2n) is 4.38. The predicted octanol–water partition coefficient (Wildman–Crippen LogP) is 4.43. The quantitative estimate of drug-likeness (QED) is 0.663. The summed E-state index contributed by atoms with van der Waals surface area (Å²) in [6.45, 7) is 0.353. The molecule has 0 saturated heterocycles. The molecule has 0 bridgehead atoms. The van der Waals surface area contributed by atoms with E-state index in [1.54, 1.807) is 11.3 Å². The second kappa shape index (κ2) is 5.43. The summed E-state index contributed by atoms with van der Waals surface area (Å²) in [5, 5.41) is 3.18. The highest BCUT2D eigenvalue weighted by molar-refractivity contribution is 7.17. The largest absolute Gasteiger partial charge is 0.489 e. The highest BCUT2D eigenvalue weighted by Crippen LogP contribution is 2.27. The highest BCUT2D eigenvalue weighted by atomic mass is 32.1. The normalized spacial score (nSPS) is 10.7. The summed E-state index contributed by atoms with van der Waals surface area (Å²) in [7, 11) is 0. The van der Waals surface area contributed by atoms with Crippen molar-refractivity contribution in [1.82, 2.24) is 0 Å². The molecule has 0 aliphatic heterocycles. The van der Waals surface area contributed by atoms with Crippen molar-refractivity contribution in [2.24, 2.45) is 0 Å². The van der Waals surface area contributed by atoms with Gasteiger partial charge in [0.1, 0.15) is 24.5 Å². The Labute approximate surface area is 119 Å². The lowest BCUT2D eigenvalue weighted by Crippen LogP contribution is -1.96. The zero-order valence-corrected chi connectivity index (χ0v) is 11.3. The lowest BCUT2D eigenvalue weighted by atomic mass is 10.2. The van der Waals surface area contributed by atoms with Gasteiger partial charge in [0, 0.05) is 21.9 Å². The maximum absolute atomic E-state index is 13.3. The third kappa shape index (κ3) is 2.56. The fourth-order valence-corrected chi connectivity index (χ4v) is 2.99. The van der Waals surface area contributed by atoms with Crippen LogP contribution in [0.4, 0.5) is 4.39 Å². The van der Waals surface area contributed by atoms with Crippen LogP contribution in [-0.2, 0) is 6.61 Å². The van der Waals surface area contributed by atoms with Crippen molar-refractivity contribution in [1.29, 1.82) is 0 Å². The number of aldehydes is 1. The van der Waals surface area contributed by atoms with Gasteiger partial charge in [-0.2, -0.15) is 0 Å². The average Bonchev–Trinajstić information content (AvgIpc) is 2.88. The van der Waals surface area contributed by atoms with Gasteiger partial charge < -0.3 is 4.74 Å². The summed E-state index contributed by atoms with van der Waals surface area (Å²) >= 11 is 1.65. The summed E-state index contributed by atoms with van der Waals surface area (Å²) < 4.78 is 20.1. The lowest BCUT2D eigenvalue weighted by Gasteiger charge is -2.06. The summed E-state index contributed by atoms with van der Waals surface area (Å²) in [5.41, 5.74) is 1.33. The van der Waals surface area contributed by atoms with Crippen LogP contribution in [0.25, 0.3) is 10.1 Å². The first kappa shape index (κ1) is 12.8. The summed E-state index contributed by atoms with van der Waals surface area (Å²) in [4.78, 5) is 10.7. The highest BCUT2D eigenvalue weighted by Gasteiger charge is 2.06. The molecule has 2 aromatic carbocycles. The number of hydrogen-bond acceptors (Lipinski definition) is 3. The van der Waals surface area contributed by atoms with E-state index in [0.717, 1.165) is 10.9 Å². The van der Waals surface area contributed by atoms with Crippen LogP contribution in [0.3, 0.4) is 0 Å². The maximum Gasteiger partial charge on any atom is 0.150 e. The standard InChI is InChI=1S/C16H11FO2S/c17-13-5-11(8-18)6-14(7-13)19-9-12-10-20-16-4-2-1-3-15(12)16/h1-8,10H,9H2. The van der Waals surface area contributed by atoms with E-state index in [9.17, 15) is 9.18 Å². The molecular formula is C16H11FO2S. The van der Waals surface area contributed by atoms with Gasteiger partial charge in [0.2, 0.25) is 0 Å². The van der Waals surface area contributed by atoms with Crippen LogP contribution in [0.5, 0.6) is 5.75 Å². The molecule has 2 nitrogen and oxygen atoms in total. The molecule has 3 rings (SSSR count). The van der Waals surface area contributed by atoms with Crippen LogP contribution in [0.2, 0.25) is 0 Å². The fraction of sp³-hybridized carbons (Fsp3) is 0.0625. The van der Waals surface area contributed by atoms with Gasteiger partial charge in [0.25, 0.3) is 0 Å². The van der Waals surface area contributed by atoms with Gasteiger partial charge in [-0.1, -0.05) is 18.2 Å². The van der Waals surface area contributed by atoms with Crippen LogP contribution < -0.4 is 4.74 Å². The number of thiophene rings is 1. The van der Waals surface area contributed by atoms with Crippen molar-refractivity contribution in [3.63, 3.8) is 0 Å². The van der Waals surface area contributed by atoms with Gasteiger partial charge in [0.15, 0.2) is 0 Å². The van der Waals surface area contributed by atoms with Crippen LogP contribution in [-0.4, -0.2) is 6.29 Å². The summed E-state index contributed by atoms with van der Waals surface area (Å²) in [5.74, 6) is -0.109. The zero-order valence-electron chi connectivity index (χ0n) is 10.5. The average molecular weight is 286 g/mol. The first-order valence-electron chi connectivity index (χ1n) is 6.10. The number of ether oxygens (including phenoxy) is 1. The summed E-state index contributed by atoms with van der Waals surface area (Å²) in [6, 6.07) is 12.0. The molecular weight excluding hydrogens is 275 g/mol. The molecule has 0 aliphatic carbocycles. The minimum atomic E-state index is -0.472. The molecule has 0 N–H and O–H groups in total. The Morgan fingerprint density at radius 1 is 1.20 bits per heavy atom. The molecule has 20 heavy (non-hydrogen) atoms. The lowest BCUT2D eigenvalue weighted by molar-refractivity contribution is 0.112. The zero-order chi connectivity index (χ0) is 13.9. The van der Waals surface area contributed by atoms with Gasteiger partial charge in [0.05, 0.1) is 0 Å². The van der Waals surface area contributed by atoms with Gasteiger partial charge in [-0.15, -0.1) is 11.3 Å². The minimum absolute atomic E-state index is 0.273. The molecule has 1 heterocycles. The van der Waals surface area contributed by atoms with Crippen LogP contribution in [0, 0.1) is 5.82 Å². The molecule has 0 amide bonds. The molecule has 0 unspecified atom stereocenters. The Bertz CT molecular complexity index is 764. The number of fused-ring (bicyclic) bond motifs is 1.